The van der Waals surface area contributed by atoms with E-state index in [9.17, 15) is 4.79 Å². The van der Waals surface area contributed by atoms with E-state index in [0.717, 1.165) is 24.0 Å². The van der Waals surface area contributed by atoms with Gasteiger partial charge in [-0.2, -0.15) is 0 Å². The minimum atomic E-state index is -0.000446. The van der Waals surface area contributed by atoms with Crippen molar-refractivity contribution in [2.45, 2.75) is 12.8 Å². The zero-order valence-corrected chi connectivity index (χ0v) is 14.0. The van der Waals surface area contributed by atoms with Gasteiger partial charge < -0.3 is 15.4 Å². The average molecular weight is 374 g/mol. The van der Waals surface area contributed by atoms with Gasteiger partial charge in [-0.3, -0.25) is 4.79 Å². The number of nitrogens with one attached hydrogen (secondary N) is 2. The molecule has 0 aromatic heterocycles. The number of amides is 1. The van der Waals surface area contributed by atoms with Crippen LogP contribution in [0.5, 0.6) is 5.75 Å². The van der Waals surface area contributed by atoms with Gasteiger partial charge in [0.15, 0.2) is 0 Å². The Balaban J connectivity index is 1.68. The number of carbonyl (C=O) groups excluding carboxylic acids is 1. The Hall–Kier alpha value is -1.04. The molecule has 0 fully saturated rings. The molecule has 0 unspecified atom stereocenters. The molecule has 1 heterocycles. The van der Waals surface area contributed by atoms with Crippen molar-refractivity contribution in [3.8, 4) is 5.75 Å². The second-order valence-electron chi connectivity index (χ2n) is 4.77. The summed E-state index contributed by atoms with van der Waals surface area (Å²) >= 11 is 9.23. The summed E-state index contributed by atoms with van der Waals surface area (Å²) in [4.78, 5) is 11.7. The molecule has 1 aromatic rings. The van der Waals surface area contributed by atoms with E-state index in [-0.39, 0.29) is 5.91 Å². The first-order valence-electron chi connectivity index (χ1n) is 6.88. The van der Waals surface area contributed by atoms with E-state index in [0.29, 0.717) is 30.3 Å². The molecule has 0 spiro atoms. The van der Waals surface area contributed by atoms with Gasteiger partial charge in [-0.05, 0) is 47.1 Å². The van der Waals surface area contributed by atoms with Gasteiger partial charge in [-0.1, -0.05) is 23.3 Å². The monoisotopic (exact) mass is 372 g/mol. The first-order chi connectivity index (χ1) is 10.1. The highest BCUT2D eigenvalue weighted by Crippen LogP contribution is 2.27. The summed E-state index contributed by atoms with van der Waals surface area (Å²) in [5.41, 5.74) is 1.28. The van der Waals surface area contributed by atoms with Crippen molar-refractivity contribution in [2.24, 2.45) is 0 Å². The number of benzene rings is 1. The van der Waals surface area contributed by atoms with Crippen LogP contribution in [0.3, 0.4) is 0 Å². The normalized spacial score (nSPS) is 14.5. The van der Waals surface area contributed by atoms with Crippen molar-refractivity contribution in [3.63, 3.8) is 0 Å². The predicted octanol–water partition coefficient (Wildman–Crippen LogP) is 2.91. The van der Waals surface area contributed by atoms with E-state index < -0.39 is 0 Å². The van der Waals surface area contributed by atoms with Crippen LogP contribution in [-0.4, -0.2) is 32.1 Å². The summed E-state index contributed by atoms with van der Waals surface area (Å²) in [6, 6.07) is 5.30. The first kappa shape index (κ1) is 16.3. The van der Waals surface area contributed by atoms with Crippen LogP contribution < -0.4 is 15.4 Å². The second kappa shape index (κ2) is 8.41. The summed E-state index contributed by atoms with van der Waals surface area (Å²) in [5, 5.41) is 6.80. The Labute approximate surface area is 138 Å². The van der Waals surface area contributed by atoms with Gasteiger partial charge in [0.25, 0.3) is 0 Å². The van der Waals surface area contributed by atoms with E-state index >= 15 is 0 Å². The number of carbonyl (C=O) groups is 1. The van der Waals surface area contributed by atoms with Crippen LogP contribution in [0.15, 0.2) is 34.3 Å². The van der Waals surface area contributed by atoms with E-state index in [2.05, 4.69) is 32.6 Å². The average Bonchev–Trinajstić information content (AvgIpc) is 2.48. The van der Waals surface area contributed by atoms with Crippen molar-refractivity contribution >= 4 is 33.4 Å². The summed E-state index contributed by atoms with van der Waals surface area (Å²) < 4.78 is 6.35. The third-order valence-corrected chi connectivity index (χ3v) is 4.01. The van der Waals surface area contributed by atoms with E-state index in [4.69, 9.17) is 16.3 Å². The van der Waals surface area contributed by atoms with E-state index in [1.807, 2.05) is 0 Å². The van der Waals surface area contributed by atoms with Crippen LogP contribution >= 0.6 is 27.5 Å². The standard InChI is InChI=1S/C15H18BrClN2O2/c16-13-9-12(17)1-2-14(13)21-8-5-15(20)19-10-11-3-6-18-7-4-11/h1-3,9,18H,4-8,10H2,(H,19,20). The van der Waals surface area contributed by atoms with Crippen LogP contribution in [0, 0.1) is 0 Å². The van der Waals surface area contributed by atoms with Crippen LogP contribution in [-0.2, 0) is 4.79 Å². The maximum Gasteiger partial charge on any atom is 0.223 e. The van der Waals surface area contributed by atoms with Gasteiger partial charge in [0.05, 0.1) is 17.5 Å². The molecule has 0 saturated carbocycles. The minimum Gasteiger partial charge on any atom is -0.492 e. The lowest BCUT2D eigenvalue weighted by Gasteiger charge is -2.14. The van der Waals surface area contributed by atoms with Crippen LogP contribution in [0.4, 0.5) is 0 Å². The number of hydrogen-bond acceptors (Lipinski definition) is 3. The summed E-state index contributed by atoms with van der Waals surface area (Å²) in [7, 11) is 0. The zero-order valence-electron chi connectivity index (χ0n) is 11.6. The highest BCUT2D eigenvalue weighted by atomic mass is 79.9. The van der Waals surface area contributed by atoms with Gasteiger partial charge in [-0.25, -0.2) is 0 Å². The molecular formula is C15H18BrClN2O2. The molecule has 0 bridgehead atoms. The number of halogens is 2. The highest BCUT2D eigenvalue weighted by molar-refractivity contribution is 9.10. The fraction of sp³-hybridized carbons (Fsp3) is 0.400. The quantitative estimate of drug-likeness (QED) is 0.754. The fourth-order valence-electron chi connectivity index (χ4n) is 1.98. The summed E-state index contributed by atoms with van der Waals surface area (Å²) in [5.74, 6) is 0.688. The zero-order chi connectivity index (χ0) is 15.1. The smallest absolute Gasteiger partial charge is 0.223 e. The number of ether oxygens (including phenoxy) is 1. The molecule has 0 saturated heterocycles. The van der Waals surface area contributed by atoms with Crippen molar-refractivity contribution < 1.29 is 9.53 Å². The van der Waals surface area contributed by atoms with Crippen LogP contribution in [0.25, 0.3) is 0 Å². The lowest BCUT2D eigenvalue weighted by Crippen LogP contribution is -2.30. The van der Waals surface area contributed by atoms with Crippen LogP contribution in [0.1, 0.15) is 12.8 Å². The van der Waals surface area contributed by atoms with Gasteiger partial charge in [0.2, 0.25) is 5.91 Å². The Morgan fingerprint density at radius 1 is 1.48 bits per heavy atom. The molecule has 2 rings (SSSR count). The molecule has 4 nitrogen and oxygen atoms in total. The van der Waals surface area contributed by atoms with Crippen LogP contribution in [0.2, 0.25) is 5.02 Å². The highest BCUT2D eigenvalue weighted by Gasteiger charge is 2.07. The Morgan fingerprint density at radius 3 is 3.05 bits per heavy atom. The SMILES string of the molecule is O=C(CCOc1ccc(Cl)cc1Br)NCC1=CCNCC1. The molecule has 21 heavy (non-hydrogen) atoms. The first-order valence-corrected chi connectivity index (χ1v) is 8.05. The molecular weight excluding hydrogens is 356 g/mol. The Kier molecular flexibility index (Phi) is 6.54. The van der Waals surface area contributed by atoms with Crippen molar-refractivity contribution in [1.29, 1.82) is 0 Å². The molecule has 114 valence electrons. The number of hydrogen-bond donors (Lipinski definition) is 2. The lowest BCUT2D eigenvalue weighted by atomic mass is 10.1. The third kappa shape index (κ3) is 5.69. The molecule has 1 amide bonds. The maximum atomic E-state index is 11.7. The molecule has 0 aliphatic carbocycles. The van der Waals surface area contributed by atoms with Crippen molar-refractivity contribution in [2.75, 3.05) is 26.2 Å². The van der Waals surface area contributed by atoms with E-state index in [1.54, 1.807) is 18.2 Å². The van der Waals surface area contributed by atoms with Gasteiger partial charge in [-0.15, -0.1) is 0 Å². The van der Waals surface area contributed by atoms with Gasteiger partial charge >= 0.3 is 0 Å². The topological polar surface area (TPSA) is 50.4 Å². The Bertz CT molecular complexity index is 534. The third-order valence-electron chi connectivity index (χ3n) is 3.15. The number of rotatable bonds is 6. The molecule has 0 atom stereocenters. The molecule has 1 aliphatic heterocycles. The predicted molar refractivity (Wildman–Crippen MR) is 87.8 cm³/mol. The van der Waals surface area contributed by atoms with Gasteiger partial charge in [0, 0.05) is 18.1 Å². The van der Waals surface area contributed by atoms with Crippen molar-refractivity contribution in [3.05, 3.63) is 39.3 Å². The molecule has 2 N–H and O–H groups in total. The van der Waals surface area contributed by atoms with Gasteiger partial charge in [0.1, 0.15) is 5.75 Å². The maximum absolute atomic E-state index is 11.7. The molecule has 0 radical (unpaired) electrons. The van der Waals surface area contributed by atoms with E-state index in [1.165, 1.54) is 5.57 Å². The lowest BCUT2D eigenvalue weighted by molar-refractivity contribution is -0.121. The molecule has 1 aromatic carbocycles. The largest absolute Gasteiger partial charge is 0.492 e. The summed E-state index contributed by atoms with van der Waals surface area (Å²) in [6.07, 6.45) is 3.46. The van der Waals surface area contributed by atoms with Crippen molar-refractivity contribution in [1.82, 2.24) is 10.6 Å². The minimum absolute atomic E-state index is 0.000446. The molecule has 1 aliphatic rings. The summed E-state index contributed by atoms with van der Waals surface area (Å²) in [6.45, 7) is 2.84. The molecule has 6 heteroatoms. The second-order valence-corrected chi connectivity index (χ2v) is 6.06. The Morgan fingerprint density at radius 2 is 2.33 bits per heavy atom. The fourth-order valence-corrected chi connectivity index (χ4v) is 2.77.